The number of nitrogens with zero attached hydrogens (tertiary/aromatic N) is 2. The molecular formula is C11H21N3O. The summed E-state index contributed by atoms with van der Waals surface area (Å²) in [6.45, 7) is 11.4. The van der Waals surface area contributed by atoms with Gasteiger partial charge in [-0.05, 0) is 34.6 Å². The molecule has 4 heteroatoms. The molecule has 1 aromatic heterocycles. The first-order chi connectivity index (χ1) is 6.81. The lowest BCUT2D eigenvalue weighted by atomic mass is 10.2. The molecule has 1 heterocycles. The first-order valence-corrected chi connectivity index (χ1v) is 5.24. The fourth-order valence-electron chi connectivity index (χ4n) is 1.37. The van der Waals surface area contributed by atoms with Crippen LogP contribution in [0.15, 0.2) is 0 Å². The third kappa shape index (κ3) is 3.23. The largest absolute Gasteiger partial charge is 0.396 e. The third-order valence-corrected chi connectivity index (χ3v) is 2.28. The van der Waals surface area contributed by atoms with Gasteiger partial charge in [-0.1, -0.05) is 0 Å². The van der Waals surface area contributed by atoms with Crippen LogP contribution in [0.4, 0.5) is 5.69 Å². The first kappa shape index (κ1) is 12.0. The highest BCUT2D eigenvalue weighted by Gasteiger charge is 2.11. The Morgan fingerprint density at radius 2 is 1.93 bits per heavy atom. The minimum atomic E-state index is -0.0956. The van der Waals surface area contributed by atoms with E-state index >= 15 is 0 Å². The second kappa shape index (κ2) is 4.23. The Bertz CT molecular complexity index is 336. The van der Waals surface area contributed by atoms with Crippen molar-refractivity contribution in [3.8, 4) is 0 Å². The second-order valence-electron chi connectivity index (χ2n) is 4.77. The van der Waals surface area contributed by atoms with Crippen LogP contribution in [-0.2, 0) is 11.3 Å². The molecule has 0 bridgehead atoms. The van der Waals surface area contributed by atoms with Gasteiger partial charge in [0.25, 0.3) is 0 Å². The van der Waals surface area contributed by atoms with E-state index < -0.39 is 0 Å². The van der Waals surface area contributed by atoms with Crippen molar-refractivity contribution in [1.82, 2.24) is 9.78 Å². The van der Waals surface area contributed by atoms with Gasteiger partial charge in [0.1, 0.15) is 0 Å². The van der Waals surface area contributed by atoms with E-state index in [-0.39, 0.29) is 5.60 Å². The highest BCUT2D eigenvalue weighted by atomic mass is 16.5. The smallest absolute Gasteiger partial charge is 0.0825 e. The van der Waals surface area contributed by atoms with E-state index in [1.807, 2.05) is 39.3 Å². The summed E-state index contributed by atoms with van der Waals surface area (Å²) in [7, 11) is 0. The van der Waals surface area contributed by atoms with Crippen LogP contribution in [0.1, 0.15) is 32.2 Å². The Hall–Kier alpha value is -1.03. The summed E-state index contributed by atoms with van der Waals surface area (Å²) in [5.41, 5.74) is 8.43. The van der Waals surface area contributed by atoms with Crippen molar-refractivity contribution < 1.29 is 4.74 Å². The molecule has 0 atom stereocenters. The lowest BCUT2D eigenvalue weighted by Crippen LogP contribution is -2.22. The van der Waals surface area contributed by atoms with E-state index in [1.165, 1.54) is 0 Å². The molecule has 0 aromatic carbocycles. The molecule has 1 aromatic rings. The van der Waals surface area contributed by atoms with Gasteiger partial charge in [0, 0.05) is 0 Å². The molecule has 0 unspecified atom stereocenters. The van der Waals surface area contributed by atoms with Gasteiger partial charge in [-0.2, -0.15) is 5.10 Å². The van der Waals surface area contributed by atoms with Crippen molar-refractivity contribution in [1.29, 1.82) is 0 Å². The Morgan fingerprint density at radius 1 is 1.33 bits per heavy atom. The summed E-state index contributed by atoms with van der Waals surface area (Å²) < 4.78 is 7.53. The zero-order chi connectivity index (χ0) is 11.6. The molecule has 86 valence electrons. The molecule has 4 nitrogen and oxygen atoms in total. The lowest BCUT2D eigenvalue weighted by Gasteiger charge is -2.19. The summed E-state index contributed by atoms with van der Waals surface area (Å²) in [6, 6.07) is 0. The molecule has 1 rings (SSSR count). The van der Waals surface area contributed by atoms with Gasteiger partial charge in [0.15, 0.2) is 0 Å². The number of ether oxygens (including phenoxy) is 1. The highest BCUT2D eigenvalue weighted by Crippen LogP contribution is 2.15. The maximum Gasteiger partial charge on any atom is 0.0825 e. The van der Waals surface area contributed by atoms with Gasteiger partial charge in [-0.25, -0.2) is 0 Å². The van der Waals surface area contributed by atoms with Crippen LogP contribution < -0.4 is 5.73 Å². The van der Waals surface area contributed by atoms with Crippen molar-refractivity contribution >= 4 is 5.69 Å². The molecule has 0 saturated heterocycles. The number of nitrogen functional groups attached to an aromatic ring is 1. The molecule has 0 aliphatic carbocycles. The number of hydrogen-bond acceptors (Lipinski definition) is 3. The van der Waals surface area contributed by atoms with Gasteiger partial charge in [0.05, 0.1) is 35.8 Å². The van der Waals surface area contributed by atoms with Crippen LogP contribution in [0.5, 0.6) is 0 Å². The number of aromatic nitrogens is 2. The fourth-order valence-corrected chi connectivity index (χ4v) is 1.37. The van der Waals surface area contributed by atoms with Crippen LogP contribution >= 0.6 is 0 Å². The molecule has 2 N–H and O–H groups in total. The van der Waals surface area contributed by atoms with E-state index in [1.54, 1.807) is 0 Å². The standard InChI is InChI=1S/C11H21N3O/c1-8-10(12)9(2)14(13-8)6-7-15-11(3,4)5/h6-7,12H2,1-5H3. The maximum atomic E-state index is 5.84. The summed E-state index contributed by atoms with van der Waals surface area (Å²) in [6.07, 6.45) is 0. The molecule has 0 aliphatic heterocycles. The molecule has 0 spiro atoms. The summed E-state index contributed by atoms with van der Waals surface area (Å²) in [4.78, 5) is 0. The van der Waals surface area contributed by atoms with Gasteiger partial charge in [0.2, 0.25) is 0 Å². The van der Waals surface area contributed by atoms with Crippen molar-refractivity contribution in [2.24, 2.45) is 0 Å². The highest BCUT2D eigenvalue weighted by molar-refractivity contribution is 5.46. The minimum Gasteiger partial charge on any atom is -0.396 e. The average molecular weight is 211 g/mol. The van der Waals surface area contributed by atoms with E-state index in [4.69, 9.17) is 10.5 Å². The topological polar surface area (TPSA) is 53.1 Å². The van der Waals surface area contributed by atoms with Crippen molar-refractivity contribution in [2.45, 2.75) is 46.8 Å². The van der Waals surface area contributed by atoms with Crippen LogP contribution in [0.25, 0.3) is 0 Å². The molecule has 0 saturated carbocycles. The van der Waals surface area contributed by atoms with E-state index in [0.29, 0.717) is 6.61 Å². The Morgan fingerprint density at radius 3 is 2.33 bits per heavy atom. The zero-order valence-corrected chi connectivity index (χ0v) is 10.3. The number of nitrogens with two attached hydrogens (primary N) is 1. The molecule has 0 fully saturated rings. The van der Waals surface area contributed by atoms with Gasteiger partial charge < -0.3 is 10.5 Å². The van der Waals surface area contributed by atoms with E-state index in [2.05, 4.69) is 5.10 Å². The van der Waals surface area contributed by atoms with Crippen molar-refractivity contribution in [3.05, 3.63) is 11.4 Å². The van der Waals surface area contributed by atoms with Crippen LogP contribution in [0.2, 0.25) is 0 Å². The normalized spacial score (nSPS) is 12.1. The average Bonchev–Trinajstić information content (AvgIpc) is 2.32. The van der Waals surface area contributed by atoms with Gasteiger partial charge >= 0.3 is 0 Å². The summed E-state index contributed by atoms with van der Waals surface area (Å²) in [5, 5.41) is 4.34. The van der Waals surface area contributed by atoms with E-state index in [9.17, 15) is 0 Å². The van der Waals surface area contributed by atoms with Crippen molar-refractivity contribution in [2.75, 3.05) is 12.3 Å². The number of anilines is 1. The van der Waals surface area contributed by atoms with Gasteiger partial charge in [-0.15, -0.1) is 0 Å². The molecular weight excluding hydrogens is 190 g/mol. The SMILES string of the molecule is Cc1nn(CCOC(C)(C)C)c(C)c1N. The van der Waals surface area contributed by atoms with E-state index in [0.717, 1.165) is 23.6 Å². The predicted molar refractivity (Wildman–Crippen MR) is 61.8 cm³/mol. The number of aryl methyl sites for hydroxylation is 1. The Kier molecular flexibility index (Phi) is 3.39. The summed E-state index contributed by atoms with van der Waals surface area (Å²) in [5.74, 6) is 0. The third-order valence-electron chi connectivity index (χ3n) is 2.28. The monoisotopic (exact) mass is 211 g/mol. The molecule has 0 radical (unpaired) electrons. The number of hydrogen-bond donors (Lipinski definition) is 1. The fraction of sp³-hybridized carbons (Fsp3) is 0.727. The predicted octanol–water partition coefficient (Wildman–Crippen LogP) is 1.90. The van der Waals surface area contributed by atoms with Crippen molar-refractivity contribution in [3.63, 3.8) is 0 Å². The minimum absolute atomic E-state index is 0.0956. The van der Waals surface area contributed by atoms with Gasteiger partial charge in [-0.3, -0.25) is 4.68 Å². The summed E-state index contributed by atoms with van der Waals surface area (Å²) >= 11 is 0. The molecule has 0 amide bonds. The molecule has 0 aliphatic rings. The Balaban J connectivity index is 2.55. The quantitative estimate of drug-likeness (QED) is 0.830. The second-order valence-corrected chi connectivity index (χ2v) is 4.77. The maximum absolute atomic E-state index is 5.84. The van der Waals surface area contributed by atoms with Crippen LogP contribution in [-0.4, -0.2) is 22.0 Å². The Labute approximate surface area is 91.4 Å². The molecule has 15 heavy (non-hydrogen) atoms. The van der Waals surface area contributed by atoms with Crippen LogP contribution in [0, 0.1) is 13.8 Å². The number of rotatable bonds is 3. The van der Waals surface area contributed by atoms with Crippen LogP contribution in [0.3, 0.4) is 0 Å². The zero-order valence-electron chi connectivity index (χ0n) is 10.3. The first-order valence-electron chi connectivity index (χ1n) is 5.24. The lowest BCUT2D eigenvalue weighted by molar-refractivity contribution is -0.00809.